The van der Waals surface area contributed by atoms with Crippen LogP contribution < -0.4 is 21.7 Å². The second kappa shape index (κ2) is 18.1. The van der Waals surface area contributed by atoms with Crippen molar-refractivity contribution >= 4 is 63.2 Å². The van der Waals surface area contributed by atoms with Crippen LogP contribution in [0.5, 0.6) is 0 Å². The van der Waals surface area contributed by atoms with Crippen molar-refractivity contribution in [1.29, 1.82) is 0 Å². The Kier molecular flexibility index (Phi) is 12.9. The number of amides is 4. The standard InChI is InChI=1S/C43H43N4O6PS/c44-42(50)36(22-20-29-11-3-1-4-12-29)46-43(51)37(26-34-28-55-38-18-10-9-17-35(34)38)45-40(49)27-54(52,53)41(25-30-13-5-2-6-14-30)47-39(48)24-31-19-21-32-15-7-8-16-33(32)23-31/h1-19,21,23,28,36-37,41H,20,22,24-27H2,(H2,44,50)(H,45,49)(H,46,51)(H,47,48)(H,52,53)/t36?,37-,41-/m0/s1. The van der Waals surface area contributed by atoms with Crippen molar-refractivity contribution in [2.45, 2.75) is 50.0 Å². The molecular weight excluding hydrogens is 732 g/mol. The summed E-state index contributed by atoms with van der Waals surface area (Å²) in [6.07, 6.45) is -0.134. The zero-order valence-corrected chi connectivity index (χ0v) is 31.8. The van der Waals surface area contributed by atoms with E-state index in [-0.39, 0.29) is 25.7 Å². The molecule has 6 rings (SSSR count). The highest BCUT2D eigenvalue weighted by Gasteiger charge is 2.36. The zero-order valence-electron chi connectivity index (χ0n) is 30.1. The van der Waals surface area contributed by atoms with Crippen LogP contribution in [0.3, 0.4) is 0 Å². The van der Waals surface area contributed by atoms with Crippen molar-refractivity contribution in [3.8, 4) is 0 Å². The fourth-order valence-corrected chi connectivity index (χ4v) is 9.13. The minimum Gasteiger partial charge on any atom is -0.368 e. The molecule has 12 heteroatoms. The van der Waals surface area contributed by atoms with Gasteiger partial charge in [0.1, 0.15) is 24.0 Å². The van der Waals surface area contributed by atoms with Crippen LogP contribution in [0.25, 0.3) is 20.9 Å². The van der Waals surface area contributed by atoms with E-state index in [1.54, 1.807) is 24.3 Å². The smallest absolute Gasteiger partial charge is 0.243 e. The molecule has 282 valence electrons. The first kappa shape index (κ1) is 39.1. The lowest BCUT2D eigenvalue weighted by Crippen LogP contribution is -2.54. The Morgan fingerprint density at radius 1 is 0.673 bits per heavy atom. The molecule has 0 saturated heterocycles. The molecule has 10 nitrogen and oxygen atoms in total. The lowest BCUT2D eigenvalue weighted by Gasteiger charge is -2.26. The topological polar surface area (TPSA) is 168 Å². The summed E-state index contributed by atoms with van der Waals surface area (Å²) in [5.74, 6) is -4.00. The van der Waals surface area contributed by atoms with Gasteiger partial charge in [-0.1, -0.05) is 121 Å². The third-order valence-corrected chi connectivity index (χ3v) is 12.5. The van der Waals surface area contributed by atoms with Crippen LogP contribution in [0.4, 0.5) is 0 Å². The van der Waals surface area contributed by atoms with Gasteiger partial charge in [0.2, 0.25) is 31.0 Å². The van der Waals surface area contributed by atoms with Crippen LogP contribution in [-0.2, 0) is 49.4 Å². The molecular formula is C43H43N4O6PS. The SMILES string of the molecule is NC(=O)C(CCc1ccccc1)NC(=O)[C@H](Cc1csc2ccccc12)NC(=O)CP(=O)(O)[C@@H](Cc1ccccc1)NC(=O)Cc1ccc2ccccc2c1. The molecule has 0 aliphatic heterocycles. The van der Waals surface area contributed by atoms with E-state index in [2.05, 4.69) is 16.0 Å². The maximum atomic E-state index is 14.1. The number of benzene rings is 5. The normalized spacial score (nSPS) is 14.0. The molecule has 2 unspecified atom stereocenters. The Labute approximate surface area is 323 Å². The highest BCUT2D eigenvalue weighted by atomic mass is 32.1. The first-order valence-corrected chi connectivity index (χ1v) is 20.8. The van der Waals surface area contributed by atoms with Gasteiger partial charge in [0.05, 0.1) is 6.42 Å². The summed E-state index contributed by atoms with van der Waals surface area (Å²) in [7, 11) is -4.45. The molecule has 4 atom stereocenters. The van der Waals surface area contributed by atoms with Crippen LogP contribution in [0, 0.1) is 0 Å². The summed E-state index contributed by atoms with van der Waals surface area (Å²) >= 11 is 1.49. The fraction of sp³-hybridized carbons (Fsp3) is 0.209. The van der Waals surface area contributed by atoms with Crippen molar-refractivity contribution in [3.05, 3.63) is 155 Å². The molecule has 0 aliphatic rings. The number of nitrogens with two attached hydrogens (primary N) is 1. The van der Waals surface area contributed by atoms with Gasteiger partial charge in [-0.05, 0) is 62.7 Å². The summed E-state index contributed by atoms with van der Waals surface area (Å²) in [5, 5.41) is 12.9. The van der Waals surface area contributed by atoms with E-state index in [0.717, 1.165) is 37.5 Å². The van der Waals surface area contributed by atoms with E-state index in [4.69, 9.17) is 5.73 Å². The Morgan fingerprint density at radius 2 is 1.33 bits per heavy atom. The highest BCUT2D eigenvalue weighted by Crippen LogP contribution is 2.46. The lowest BCUT2D eigenvalue weighted by molar-refractivity contribution is -0.130. The van der Waals surface area contributed by atoms with E-state index in [0.29, 0.717) is 12.0 Å². The summed E-state index contributed by atoms with van der Waals surface area (Å²) in [5.41, 5.74) is 8.89. The molecule has 5 aromatic carbocycles. The Bertz CT molecular complexity index is 2330. The van der Waals surface area contributed by atoms with Gasteiger partial charge in [-0.15, -0.1) is 11.3 Å². The van der Waals surface area contributed by atoms with E-state index >= 15 is 0 Å². The highest BCUT2D eigenvalue weighted by molar-refractivity contribution is 7.59. The lowest BCUT2D eigenvalue weighted by atomic mass is 10.0. The van der Waals surface area contributed by atoms with Crippen LogP contribution in [0.2, 0.25) is 0 Å². The summed E-state index contributed by atoms with van der Waals surface area (Å²) in [6, 6.07) is 37.3. The van der Waals surface area contributed by atoms with Crippen molar-refractivity contribution in [1.82, 2.24) is 16.0 Å². The first-order chi connectivity index (χ1) is 26.5. The molecule has 6 N–H and O–H groups in total. The number of carbonyl (C=O) groups is 4. The van der Waals surface area contributed by atoms with Gasteiger partial charge >= 0.3 is 0 Å². The van der Waals surface area contributed by atoms with Crippen molar-refractivity contribution in [2.24, 2.45) is 5.73 Å². The molecule has 0 aliphatic carbocycles. The van der Waals surface area contributed by atoms with Crippen molar-refractivity contribution in [2.75, 3.05) is 6.16 Å². The van der Waals surface area contributed by atoms with Gasteiger partial charge in [-0.3, -0.25) is 23.7 Å². The molecule has 0 radical (unpaired) electrons. The van der Waals surface area contributed by atoms with Crippen LogP contribution in [0.15, 0.2) is 133 Å². The number of hydrogen-bond acceptors (Lipinski definition) is 6. The second-order valence-electron chi connectivity index (χ2n) is 13.6. The van der Waals surface area contributed by atoms with Crippen LogP contribution in [-0.4, -0.2) is 52.6 Å². The van der Waals surface area contributed by atoms with E-state index < -0.39 is 55.0 Å². The third kappa shape index (κ3) is 10.8. The number of nitrogens with one attached hydrogen (secondary N) is 3. The number of rotatable bonds is 17. The summed E-state index contributed by atoms with van der Waals surface area (Å²) in [6.45, 7) is 0. The minimum atomic E-state index is -4.45. The molecule has 0 bridgehead atoms. The predicted octanol–water partition coefficient (Wildman–Crippen LogP) is 5.88. The Hall–Kier alpha value is -5.61. The number of fused-ring (bicyclic) bond motifs is 2. The number of carbonyl (C=O) groups excluding carboxylic acids is 4. The van der Waals surface area contributed by atoms with Gasteiger partial charge in [-0.25, -0.2) is 0 Å². The van der Waals surface area contributed by atoms with E-state index in [1.165, 1.54) is 11.3 Å². The summed E-state index contributed by atoms with van der Waals surface area (Å²) < 4.78 is 15.1. The van der Waals surface area contributed by atoms with Gasteiger partial charge in [0, 0.05) is 17.5 Å². The average molecular weight is 775 g/mol. The monoisotopic (exact) mass is 774 g/mol. The molecule has 4 amide bonds. The third-order valence-electron chi connectivity index (χ3n) is 9.50. The molecule has 0 fully saturated rings. The first-order valence-electron chi connectivity index (χ1n) is 18.0. The minimum absolute atomic E-state index is 0.00211. The molecule has 6 aromatic rings. The maximum Gasteiger partial charge on any atom is 0.243 e. The second-order valence-corrected chi connectivity index (χ2v) is 17.0. The molecule has 0 spiro atoms. The summed E-state index contributed by atoms with van der Waals surface area (Å²) in [4.78, 5) is 65.0. The fourth-order valence-electron chi connectivity index (χ4n) is 6.59. The van der Waals surface area contributed by atoms with Gasteiger partial charge < -0.3 is 26.6 Å². The van der Waals surface area contributed by atoms with Crippen molar-refractivity contribution in [3.63, 3.8) is 0 Å². The van der Waals surface area contributed by atoms with Gasteiger partial charge in [-0.2, -0.15) is 0 Å². The Morgan fingerprint density at radius 3 is 2.05 bits per heavy atom. The molecule has 0 saturated carbocycles. The number of thiophene rings is 1. The molecule has 55 heavy (non-hydrogen) atoms. The largest absolute Gasteiger partial charge is 0.368 e. The quantitative estimate of drug-likeness (QED) is 0.0726. The Balaban J connectivity index is 1.19. The molecule has 1 aromatic heterocycles. The average Bonchev–Trinajstić information content (AvgIpc) is 3.58. The van der Waals surface area contributed by atoms with Gasteiger partial charge in [0.15, 0.2) is 0 Å². The van der Waals surface area contributed by atoms with Crippen LogP contribution in [0.1, 0.15) is 28.7 Å². The maximum absolute atomic E-state index is 14.1. The zero-order chi connectivity index (χ0) is 38.8. The number of primary amides is 1. The number of aryl methyl sites for hydroxylation is 1. The number of hydrogen-bond donors (Lipinski definition) is 5. The van der Waals surface area contributed by atoms with E-state index in [9.17, 15) is 28.6 Å². The van der Waals surface area contributed by atoms with Crippen molar-refractivity contribution < 1.29 is 28.6 Å². The van der Waals surface area contributed by atoms with Crippen LogP contribution >= 0.6 is 18.7 Å². The molecule has 1 heterocycles. The van der Waals surface area contributed by atoms with E-state index in [1.807, 2.05) is 109 Å². The predicted molar refractivity (Wildman–Crippen MR) is 218 cm³/mol. The van der Waals surface area contributed by atoms with Gasteiger partial charge in [0.25, 0.3) is 0 Å².